The summed E-state index contributed by atoms with van der Waals surface area (Å²) in [5.74, 6) is 0. The van der Waals surface area contributed by atoms with Crippen molar-refractivity contribution in [2.45, 2.75) is 45.4 Å². The van der Waals surface area contributed by atoms with Gasteiger partial charge in [0.15, 0.2) is 0 Å². The number of rotatable bonds is 5. The van der Waals surface area contributed by atoms with E-state index in [4.69, 9.17) is 10.5 Å². The fraction of sp³-hybridized carbons (Fsp3) is 0.636. The minimum atomic E-state index is 0.0104. The van der Waals surface area contributed by atoms with Crippen LogP contribution < -0.4 is 5.73 Å². The molecule has 0 radical (unpaired) electrons. The predicted octanol–water partition coefficient (Wildman–Crippen LogP) is 3.71. The summed E-state index contributed by atoms with van der Waals surface area (Å²) in [4.78, 5) is 1.19. The maximum absolute atomic E-state index is 5.95. The van der Waals surface area contributed by atoms with Crippen LogP contribution in [0.1, 0.15) is 38.2 Å². The minimum absolute atomic E-state index is 0.0104. The Kier molecular flexibility index (Phi) is 5.26. The molecule has 4 heteroatoms. The van der Waals surface area contributed by atoms with Crippen molar-refractivity contribution in [1.29, 1.82) is 0 Å². The highest BCUT2D eigenvalue weighted by molar-refractivity contribution is 9.11. The number of hydrogen-bond donors (Lipinski definition) is 1. The summed E-state index contributed by atoms with van der Waals surface area (Å²) >= 11 is 5.14. The van der Waals surface area contributed by atoms with E-state index >= 15 is 0 Å². The van der Waals surface area contributed by atoms with E-state index in [0.29, 0.717) is 0 Å². The van der Waals surface area contributed by atoms with Gasteiger partial charge in [-0.2, -0.15) is 0 Å². The molecule has 0 aromatic carbocycles. The van der Waals surface area contributed by atoms with E-state index in [2.05, 4.69) is 35.8 Å². The third-order valence-electron chi connectivity index (χ3n) is 2.31. The van der Waals surface area contributed by atoms with Gasteiger partial charge >= 0.3 is 0 Å². The molecule has 0 saturated carbocycles. The third-order valence-corrected chi connectivity index (χ3v) is 3.99. The highest BCUT2D eigenvalue weighted by Gasteiger charge is 2.20. The van der Waals surface area contributed by atoms with Crippen LogP contribution in [-0.2, 0) is 4.74 Å². The molecule has 0 fully saturated rings. The van der Waals surface area contributed by atoms with Gasteiger partial charge < -0.3 is 10.5 Å². The molecule has 0 aliphatic carbocycles. The average molecular weight is 292 g/mol. The Bertz CT molecular complexity index is 301. The van der Waals surface area contributed by atoms with Crippen molar-refractivity contribution in [2.24, 2.45) is 5.73 Å². The summed E-state index contributed by atoms with van der Waals surface area (Å²) < 4.78 is 7.05. The summed E-state index contributed by atoms with van der Waals surface area (Å²) in [5.41, 5.74) is 5.95. The van der Waals surface area contributed by atoms with Crippen LogP contribution >= 0.6 is 27.3 Å². The molecule has 1 aromatic heterocycles. The van der Waals surface area contributed by atoms with Gasteiger partial charge in [-0.3, -0.25) is 0 Å². The normalized spacial score (nSPS) is 17.4. The van der Waals surface area contributed by atoms with E-state index in [1.165, 1.54) is 4.88 Å². The average Bonchev–Trinajstić information content (AvgIpc) is 2.60. The number of nitrogens with two attached hydrogens (primary N) is 1. The Balaban J connectivity index is 2.74. The fourth-order valence-electron chi connectivity index (χ4n) is 1.28. The molecule has 86 valence electrons. The Morgan fingerprint density at radius 1 is 1.47 bits per heavy atom. The molecule has 0 amide bonds. The van der Waals surface area contributed by atoms with Crippen molar-refractivity contribution < 1.29 is 4.74 Å². The van der Waals surface area contributed by atoms with Crippen LogP contribution in [0.15, 0.2) is 15.9 Å². The summed E-state index contributed by atoms with van der Waals surface area (Å²) in [6, 6.07) is 4.13. The first-order valence-corrected chi connectivity index (χ1v) is 6.81. The Labute approximate surface area is 104 Å². The lowest BCUT2D eigenvalue weighted by Crippen LogP contribution is -2.28. The van der Waals surface area contributed by atoms with Gasteiger partial charge in [-0.05, 0) is 48.3 Å². The number of ether oxygens (including phenoxy) is 1. The Morgan fingerprint density at radius 3 is 2.53 bits per heavy atom. The Morgan fingerprint density at radius 2 is 2.13 bits per heavy atom. The van der Waals surface area contributed by atoms with Gasteiger partial charge in [0.1, 0.15) is 6.10 Å². The summed E-state index contributed by atoms with van der Waals surface area (Å²) in [7, 11) is 0. The first-order valence-electron chi connectivity index (χ1n) is 5.20. The van der Waals surface area contributed by atoms with E-state index in [9.17, 15) is 0 Å². The van der Waals surface area contributed by atoms with Gasteiger partial charge in [-0.25, -0.2) is 0 Å². The molecule has 0 spiro atoms. The first-order chi connectivity index (χ1) is 7.04. The molecular formula is C11H18BrNOS. The maximum atomic E-state index is 5.95. The van der Waals surface area contributed by atoms with Crippen molar-refractivity contribution in [1.82, 2.24) is 0 Å². The molecule has 0 bridgehead atoms. The van der Waals surface area contributed by atoms with Gasteiger partial charge in [0.05, 0.1) is 9.89 Å². The molecule has 3 unspecified atom stereocenters. The van der Waals surface area contributed by atoms with Crippen LogP contribution in [0.25, 0.3) is 0 Å². The molecule has 2 nitrogen and oxygen atoms in total. The standard InChI is InChI=1S/C11H18BrNOS/c1-4-7(2)14-11(8(3)13)9-5-6-10(12)15-9/h5-8,11H,4,13H2,1-3H3. The van der Waals surface area contributed by atoms with E-state index in [1.807, 2.05) is 13.0 Å². The molecule has 1 rings (SSSR count). The topological polar surface area (TPSA) is 35.2 Å². The predicted molar refractivity (Wildman–Crippen MR) is 69.2 cm³/mol. The van der Waals surface area contributed by atoms with Crippen molar-refractivity contribution >= 4 is 27.3 Å². The van der Waals surface area contributed by atoms with E-state index in [1.54, 1.807) is 11.3 Å². The van der Waals surface area contributed by atoms with Gasteiger partial charge in [-0.1, -0.05) is 6.92 Å². The highest BCUT2D eigenvalue weighted by Crippen LogP contribution is 2.31. The smallest absolute Gasteiger partial charge is 0.107 e. The summed E-state index contributed by atoms with van der Waals surface area (Å²) in [6.07, 6.45) is 1.27. The van der Waals surface area contributed by atoms with Crippen LogP contribution in [0, 0.1) is 0 Å². The van der Waals surface area contributed by atoms with Crippen LogP contribution in [0.2, 0.25) is 0 Å². The zero-order valence-corrected chi connectivity index (χ0v) is 11.8. The molecule has 1 aromatic rings. The summed E-state index contributed by atoms with van der Waals surface area (Å²) in [5, 5.41) is 0. The van der Waals surface area contributed by atoms with Crippen LogP contribution in [0.5, 0.6) is 0 Å². The zero-order chi connectivity index (χ0) is 11.4. The monoisotopic (exact) mass is 291 g/mol. The molecule has 0 aliphatic rings. The second kappa shape index (κ2) is 5.99. The zero-order valence-electron chi connectivity index (χ0n) is 9.37. The molecule has 1 heterocycles. The van der Waals surface area contributed by atoms with Crippen molar-refractivity contribution in [3.63, 3.8) is 0 Å². The van der Waals surface area contributed by atoms with Crippen LogP contribution in [-0.4, -0.2) is 12.1 Å². The number of hydrogen-bond acceptors (Lipinski definition) is 3. The van der Waals surface area contributed by atoms with Crippen molar-refractivity contribution in [3.8, 4) is 0 Å². The second-order valence-corrected chi connectivity index (χ2v) is 6.27. The molecular weight excluding hydrogens is 274 g/mol. The minimum Gasteiger partial charge on any atom is -0.368 e. The van der Waals surface area contributed by atoms with E-state index in [-0.39, 0.29) is 18.2 Å². The SMILES string of the molecule is CCC(C)OC(c1ccc(Br)s1)C(C)N. The first kappa shape index (κ1) is 13.2. The van der Waals surface area contributed by atoms with Gasteiger partial charge in [0.25, 0.3) is 0 Å². The summed E-state index contributed by atoms with van der Waals surface area (Å²) in [6.45, 7) is 6.19. The molecule has 3 atom stereocenters. The van der Waals surface area contributed by atoms with Crippen molar-refractivity contribution in [3.05, 3.63) is 20.8 Å². The molecule has 2 N–H and O–H groups in total. The number of halogens is 1. The van der Waals surface area contributed by atoms with Gasteiger partial charge in [0, 0.05) is 10.9 Å². The fourth-order valence-corrected chi connectivity index (χ4v) is 2.85. The largest absolute Gasteiger partial charge is 0.368 e. The lowest BCUT2D eigenvalue weighted by molar-refractivity contribution is -0.0141. The quantitative estimate of drug-likeness (QED) is 0.897. The lowest BCUT2D eigenvalue weighted by Gasteiger charge is -2.23. The lowest BCUT2D eigenvalue weighted by atomic mass is 10.1. The van der Waals surface area contributed by atoms with Crippen molar-refractivity contribution in [2.75, 3.05) is 0 Å². The maximum Gasteiger partial charge on any atom is 0.107 e. The molecule has 0 aliphatic heterocycles. The van der Waals surface area contributed by atoms with Crippen LogP contribution in [0.4, 0.5) is 0 Å². The molecule has 15 heavy (non-hydrogen) atoms. The Hall–Kier alpha value is 0.1000. The van der Waals surface area contributed by atoms with E-state index < -0.39 is 0 Å². The molecule has 0 saturated heterocycles. The third kappa shape index (κ3) is 3.87. The van der Waals surface area contributed by atoms with E-state index in [0.717, 1.165) is 10.2 Å². The van der Waals surface area contributed by atoms with Gasteiger partial charge in [-0.15, -0.1) is 11.3 Å². The second-order valence-electron chi connectivity index (χ2n) is 3.78. The van der Waals surface area contributed by atoms with Crippen LogP contribution in [0.3, 0.4) is 0 Å². The van der Waals surface area contributed by atoms with Gasteiger partial charge in [0.2, 0.25) is 0 Å². The number of thiophene rings is 1. The highest BCUT2D eigenvalue weighted by atomic mass is 79.9.